The summed E-state index contributed by atoms with van der Waals surface area (Å²) in [6.45, 7) is 3.00. The maximum Gasteiger partial charge on any atom is 0.282 e. The van der Waals surface area contributed by atoms with E-state index in [-0.39, 0.29) is 11.9 Å². The first-order chi connectivity index (χ1) is 15.1. The Kier molecular flexibility index (Phi) is 4.94. The van der Waals surface area contributed by atoms with Gasteiger partial charge in [-0.2, -0.15) is 0 Å². The number of amides is 1. The maximum atomic E-state index is 13.3. The third-order valence-electron chi connectivity index (χ3n) is 6.65. The molecule has 1 saturated heterocycles. The van der Waals surface area contributed by atoms with Crippen LogP contribution >= 0.6 is 0 Å². The van der Waals surface area contributed by atoms with Crippen LogP contribution in [0.15, 0.2) is 59.1 Å². The van der Waals surface area contributed by atoms with Crippen molar-refractivity contribution >= 4 is 33.5 Å². The number of carbonyl (C=O) groups excluding carboxylic acids is 1. The Bertz CT molecular complexity index is 1260. The molecule has 0 bridgehead atoms. The lowest BCUT2D eigenvalue weighted by Crippen LogP contribution is -3.15. The second-order valence-electron chi connectivity index (χ2n) is 8.42. The minimum Gasteiger partial charge on any atom is -0.495 e. The van der Waals surface area contributed by atoms with Gasteiger partial charge in [-0.3, -0.25) is 4.79 Å². The average Bonchev–Trinajstić information content (AvgIpc) is 3.50. The number of furan rings is 1. The van der Waals surface area contributed by atoms with Crippen molar-refractivity contribution in [3.63, 3.8) is 0 Å². The Hall–Kier alpha value is -3.25. The number of rotatable bonds is 5. The second kappa shape index (κ2) is 7.78. The molecule has 3 heterocycles. The molecular weight excluding hydrogens is 390 g/mol. The molecule has 6 heteroatoms. The normalized spacial score (nSPS) is 19.7. The van der Waals surface area contributed by atoms with Gasteiger partial charge in [-0.05, 0) is 31.2 Å². The van der Waals surface area contributed by atoms with E-state index >= 15 is 0 Å². The van der Waals surface area contributed by atoms with Gasteiger partial charge in [-0.15, -0.1) is 0 Å². The monoisotopic (exact) mass is 418 g/mol. The summed E-state index contributed by atoms with van der Waals surface area (Å²) in [5, 5.41) is 5.12. The number of methoxy groups -OCH3 is 1. The third kappa shape index (κ3) is 3.37. The highest BCUT2D eigenvalue weighted by molar-refractivity contribution is 6.08. The van der Waals surface area contributed by atoms with E-state index < -0.39 is 0 Å². The Morgan fingerprint density at radius 2 is 2.03 bits per heavy atom. The molecule has 1 fully saturated rings. The molecule has 0 radical (unpaired) electrons. The van der Waals surface area contributed by atoms with E-state index in [2.05, 4.69) is 35.3 Å². The van der Waals surface area contributed by atoms with Crippen molar-refractivity contribution < 1.29 is 18.8 Å². The van der Waals surface area contributed by atoms with Crippen LogP contribution in [0.3, 0.4) is 0 Å². The standard InChI is InChI=1S/C25H27N3O3/c1-16(28-13-7-10-21(28)20-9-6-12-27(20)2)25(29)26-19-15-23-18(14-24(19)30-3)17-8-4-5-11-22(17)31-23/h4-6,8-9,11-12,14-16,21H,7,10,13H2,1-3H3,(H,26,29)/p+1/t16-,21+/m0/s1. The van der Waals surface area contributed by atoms with E-state index in [1.807, 2.05) is 43.3 Å². The molecule has 6 nitrogen and oxygen atoms in total. The molecule has 1 aliphatic rings. The molecule has 1 unspecified atom stereocenters. The zero-order valence-electron chi connectivity index (χ0n) is 18.1. The van der Waals surface area contributed by atoms with Crippen molar-refractivity contribution in [2.45, 2.75) is 31.8 Å². The zero-order chi connectivity index (χ0) is 21.5. The minimum absolute atomic E-state index is 0.00938. The van der Waals surface area contributed by atoms with Crippen LogP contribution in [0, 0.1) is 0 Å². The lowest BCUT2D eigenvalue weighted by molar-refractivity contribution is -0.932. The summed E-state index contributed by atoms with van der Waals surface area (Å²) in [7, 11) is 3.70. The molecule has 2 aromatic heterocycles. The number of quaternary nitrogens is 1. The number of aryl methyl sites for hydroxylation is 1. The van der Waals surface area contributed by atoms with Crippen LogP contribution in [0.1, 0.15) is 31.5 Å². The number of anilines is 1. The number of ether oxygens (including phenoxy) is 1. The summed E-state index contributed by atoms with van der Waals surface area (Å²) in [6.07, 6.45) is 4.29. The van der Waals surface area contributed by atoms with E-state index in [0.717, 1.165) is 41.3 Å². The lowest BCUT2D eigenvalue weighted by atomic mass is 10.1. The molecule has 4 aromatic rings. The number of para-hydroxylation sites is 1. The molecular formula is C25H28N3O3+. The highest BCUT2D eigenvalue weighted by atomic mass is 16.5. The summed E-state index contributed by atoms with van der Waals surface area (Å²) in [4.78, 5) is 14.6. The van der Waals surface area contributed by atoms with Crippen LogP contribution in [0.25, 0.3) is 21.9 Å². The van der Waals surface area contributed by atoms with Gasteiger partial charge < -0.3 is 23.9 Å². The third-order valence-corrected chi connectivity index (χ3v) is 6.65. The van der Waals surface area contributed by atoms with Gasteiger partial charge in [0, 0.05) is 42.9 Å². The summed E-state index contributed by atoms with van der Waals surface area (Å²) in [6, 6.07) is 16.1. The number of fused-ring (bicyclic) bond motifs is 3. The molecule has 1 aliphatic heterocycles. The minimum atomic E-state index is -0.182. The van der Waals surface area contributed by atoms with Gasteiger partial charge in [0.25, 0.3) is 5.91 Å². The molecule has 0 spiro atoms. The van der Waals surface area contributed by atoms with Gasteiger partial charge in [-0.25, -0.2) is 0 Å². The molecule has 0 saturated carbocycles. The van der Waals surface area contributed by atoms with Crippen molar-refractivity contribution in [1.82, 2.24) is 4.57 Å². The van der Waals surface area contributed by atoms with E-state index in [9.17, 15) is 4.79 Å². The van der Waals surface area contributed by atoms with Crippen LogP contribution < -0.4 is 15.0 Å². The Morgan fingerprint density at radius 3 is 2.81 bits per heavy atom. The average molecular weight is 419 g/mol. The first kappa shape index (κ1) is 19.7. The SMILES string of the molecule is COc1cc2c(cc1NC(=O)[C@H](C)[NH+]1CCC[C@@H]1c1cccn1C)oc1ccccc12. The van der Waals surface area contributed by atoms with Gasteiger partial charge in [0.15, 0.2) is 6.04 Å². The number of likely N-dealkylation sites (tertiary alicyclic amines) is 1. The number of aromatic nitrogens is 1. The van der Waals surface area contributed by atoms with Gasteiger partial charge in [0.05, 0.1) is 25.0 Å². The van der Waals surface area contributed by atoms with Crippen molar-refractivity contribution in [3.05, 3.63) is 60.4 Å². The summed E-state index contributed by atoms with van der Waals surface area (Å²) >= 11 is 0. The molecule has 0 aliphatic carbocycles. The topological polar surface area (TPSA) is 60.8 Å². The van der Waals surface area contributed by atoms with Crippen LogP contribution in [-0.2, 0) is 11.8 Å². The van der Waals surface area contributed by atoms with Crippen LogP contribution in [0.5, 0.6) is 5.75 Å². The number of carbonyl (C=O) groups is 1. The fourth-order valence-corrected chi connectivity index (χ4v) is 4.99. The number of benzene rings is 2. The Balaban J connectivity index is 1.42. The Morgan fingerprint density at radius 1 is 1.19 bits per heavy atom. The highest BCUT2D eigenvalue weighted by Crippen LogP contribution is 2.36. The van der Waals surface area contributed by atoms with Crippen LogP contribution in [-0.4, -0.2) is 30.2 Å². The molecule has 3 atom stereocenters. The molecule has 160 valence electrons. The van der Waals surface area contributed by atoms with Gasteiger partial charge in [0.2, 0.25) is 0 Å². The first-order valence-electron chi connectivity index (χ1n) is 10.8. The largest absolute Gasteiger partial charge is 0.495 e. The number of hydrogen-bond acceptors (Lipinski definition) is 3. The van der Waals surface area contributed by atoms with E-state index in [4.69, 9.17) is 9.15 Å². The summed E-state index contributed by atoms with van der Waals surface area (Å²) in [5.74, 6) is 0.625. The number of nitrogens with one attached hydrogen (secondary N) is 2. The fraction of sp³-hybridized carbons (Fsp3) is 0.320. The predicted molar refractivity (Wildman–Crippen MR) is 122 cm³/mol. The smallest absolute Gasteiger partial charge is 0.282 e. The van der Waals surface area contributed by atoms with Crippen LogP contribution in [0.4, 0.5) is 5.69 Å². The Labute approximate surface area is 181 Å². The lowest BCUT2D eigenvalue weighted by Gasteiger charge is -2.27. The van der Waals surface area contributed by atoms with E-state index in [1.165, 1.54) is 10.6 Å². The quantitative estimate of drug-likeness (QED) is 0.520. The van der Waals surface area contributed by atoms with Crippen LogP contribution in [0.2, 0.25) is 0 Å². The summed E-state index contributed by atoms with van der Waals surface area (Å²) in [5.41, 5.74) is 3.48. The van der Waals surface area contributed by atoms with Gasteiger partial charge >= 0.3 is 0 Å². The van der Waals surface area contributed by atoms with E-state index in [0.29, 0.717) is 17.5 Å². The highest BCUT2D eigenvalue weighted by Gasteiger charge is 2.38. The predicted octanol–water partition coefficient (Wildman–Crippen LogP) is 3.68. The van der Waals surface area contributed by atoms with Gasteiger partial charge in [0.1, 0.15) is 23.0 Å². The number of nitrogens with zero attached hydrogens (tertiary/aromatic N) is 1. The molecule has 5 rings (SSSR count). The molecule has 2 N–H and O–H groups in total. The van der Waals surface area contributed by atoms with Crippen molar-refractivity contribution in [1.29, 1.82) is 0 Å². The zero-order valence-corrected chi connectivity index (χ0v) is 18.1. The van der Waals surface area contributed by atoms with Crippen molar-refractivity contribution in [3.8, 4) is 5.75 Å². The van der Waals surface area contributed by atoms with Gasteiger partial charge in [-0.1, -0.05) is 18.2 Å². The van der Waals surface area contributed by atoms with Crippen molar-refractivity contribution in [2.75, 3.05) is 19.0 Å². The molecule has 31 heavy (non-hydrogen) atoms. The molecule has 2 aromatic carbocycles. The van der Waals surface area contributed by atoms with Crippen molar-refractivity contribution in [2.24, 2.45) is 7.05 Å². The second-order valence-corrected chi connectivity index (χ2v) is 8.42. The number of hydrogen-bond donors (Lipinski definition) is 2. The fourth-order valence-electron chi connectivity index (χ4n) is 4.99. The maximum absolute atomic E-state index is 13.3. The summed E-state index contributed by atoms with van der Waals surface area (Å²) < 4.78 is 13.8. The molecule has 1 amide bonds. The van der Waals surface area contributed by atoms with E-state index in [1.54, 1.807) is 7.11 Å². The first-order valence-corrected chi connectivity index (χ1v) is 10.8.